The lowest BCUT2D eigenvalue weighted by Crippen LogP contribution is -2.29. The van der Waals surface area contributed by atoms with Crippen molar-refractivity contribution in [2.75, 3.05) is 5.43 Å². The van der Waals surface area contributed by atoms with Crippen LogP contribution in [0.3, 0.4) is 0 Å². The van der Waals surface area contributed by atoms with Crippen LogP contribution in [-0.2, 0) is 13.6 Å². The highest BCUT2D eigenvalue weighted by atomic mass is 35.5. The Bertz CT molecular complexity index is 1370. The molecule has 4 rings (SSSR count). The molecule has 2 aromatic heterocycles. The molecule has 2 heterocycles. The van der Waals surface area contributed by atoms with Crippen LogP contribution in [0.25, 0.3) is 11.2 Å². The molecule has 152 valence electrons. The van der Waals surface area contributed by atoms with Crippen molar-refractivity contribution in [1.82, 2.24) is 19.1 Å². The van der Waals surface area contributed by atoms with Gasteiger partial charge in [0.1, 0.15) is 5.75 Å². The van der Waals surface area contributed by atoms with Gasteiger partial charge in [-0.1, -0.05) is 35.9 Å². The van der Waals surface area contributed by atoms with Gasteiger partial charge in [0.25, 0.3) is 5.56 Å². The van der Waals surface area contributed by atoms with Crippen molar-refractivity contribution in [3.8, 4) is 5.75 Å². The zero-order valence-corrected chi connectivity index (χ0v) is 16.6. The Morgan fingerprint density at radius 3 is 2.67 bits per heavy atom. The Kier molecular flexibility index (Phi) is 5.11. The number of hydrogen-bond donors (Lipinski definition) is 3. The number of anilines is 1. The predicted octanol–water partition coefficient (Wildman–Crippen LogP) is 2.28. The number of H-pyrrole nitrogens is 1. The number of fused-ring (bicyclic) bond motifs is 1. The fourth-order valence-electron chi connectivity index (χ4n) is 3.00. The van der Waals surface area contributed by atoms with E-state index >= 15 is 0 Å². The van der Waals surface area contributed by atoms with E-state index < -0.39 is 11.2 Å². The molecule has 0 spiro atoms. The molecule has 0 saturated carbocycles. The maximum atomic E-state index is 12.5. The van der Waals surface area contributed by atoms with Crippen LogP contribution in [0.4, 0.5) is 5.95 Å². The van der Waals surface area contributed by atoms with Crippen LogP contribution in [0.2, 0.25) is 5.02 Å². The molecule has 0 fully saturated rings. The average Bonchev–Trinajstić information content (AvgIpc) is 3.08. The molecule has 0 atom stereocenters. The minimum absolute atomic E-state index is 0.0801. The molecule has 0 bridgehead atoms. The minimum Gasteiger partial charge on any atom is -0.507 e. The van der Waals surface area contributed by atoms with Gasteiger partial charge in [0.15, 0.2) is 11.2 Å². The van der Waals surface area contributed by atoms with Crippen molar-refractivity contribution >= 4 is 34.9 Å². The van der Waals surface area contributed by atoms with Crippen LogP contribution >= 0.6 is 11.6 Å². The largest absolute Gasteiger partial charge is 0.507 e. The van der Waals surface area contributed by atoms with Crippen molar-refractivity contribution in [3.63, 3.8) is 0 Å². The Morgan fingerprint density at radius 2 is 1.93 bits per heavy atom. The summed E-state index contributed by atoms with van der Waals surface area (Å²) in [5.41, 5.74) is 3.52. The predicted molar refractivity (Wildman–Crippen MR) is 115 cm³/mol. The van der Waals surface area contributed by atoms with Crippen LogP contribution in [0.15, 0.2) is 63.2 Å². The summed E-state index contributed by atoms with van der Waals surface area (Å²) in [4.78, 5) is 31.2. The van der Waals surface area contributed by atoms with E-state index in [2.05, 4.69) is 20.5 Å². The molecule has 4 aromatic rings. The number of aryl methyl sites for hydroxylation is 1. The quantitative estimate of drug-likeness (QED) is 0.335. The molecule has 30 heavy (non-hydrogen) atoms. The van der Waals surface area contributed by atoms with Crippen LogP contribution in [-0.4, -0.2) is 30.4 Å². The summed E-state index contributed by atoms with van der Waals surface area (Å²) in [5, 5.41) is 14.6. The van der Waals surface area contributed by atoms with Crippen molar-refractivity contribution in [3.05, 3.63) is 85.5 Å². The highest BCUT2D eigenvalue weighted by Gasteiger charge is 2.17. The summed E-state index contributed by atoms with van der Waals surface area (Å²) in [6.45, 7) is 0.295. The van der Waals surface area contributed by atoms with Gasteiger partial charge in [-0.15, -0.1) is 0 Å². The SMILES string of the molecule is Cn1c(=O)[nH]c(=O)c2c1nc(N/N=C\c1ccccc1O)n2Cc1ccc(Cl)cc1. The summed E-state index contributed by atoms with van der Waals surface area (Å²) in [6.07, 6.45) is 1.44. The molecule has 0 aliphatic rings. The van der Waals surface area contributed by atoms with Gasteiger partial charge < -0.3 is 5.11 Å². The second-order valence-corrected chi connectivity index (χ2v) is 7.00. The Morgan fingerprint density at radius 1 is 1.20 bits per heavy atom. The molecule has 0 unspecified atom stereocenters. The zero-order valence-electron chi connectivity index (χ0n) is 15.8. The number of aromatic amines is 1. The molecule has 10 heteroatoms. The van der Waals surface area contributed by atoms with Crippen molar-refractivity contribution in [2.45, 2.75) is 6.54 Å². The van der Waals surface area contributed by atoms with Gasteiger partial charge >= 0.3 is 5.69 Å². The number of aromatic nitrogens is 4. The third-order valence-corrected chi connectivity index (χ3v) is 4.82. The van der Waals surface area contributed by atoms with Crippen molar-refractivity contribution in [2.24, 2.45) is 12.1 Å². The number of hydrogen-bond acceptors (Lipinski definition) is 6. The normalized spacial score (nSPS) is 11.4. The van der Waals surface area contributed by atoms with E-state index in [1.165, 1.54) is 17.8 Å². The van der Waals surface area contributed by atoms with Gasteiger partial charge in [-0.05, 0) is 29.8 Å². The van der Waals surface area contributed by atoms with E-state index in [1.807, 2.05) is 12.1 Å². The van der Waals surface area contributed by atoms with E-state index in [9.17, 15) is 14.7 Å². The molecular weight excluding hydrogens is 408 g/mol. The zero-order chi connectivity index (χ0) is 21.3. The average molecular weight is 425 g/mol. The van der Waals surface area contributed by atoms with E-state index in [-0.39, 0.29) is 22.9 Å². The molecule has 0 aliphatic carbocycles. The number of phenolic OH excluding ortho intramolecular Hbond substituents is 1. The highest BCUT2D eigenvalue weighted by Crippen LogP contribution is 2.19. The number of phenols is 1. The molecule has 0 aliphatic heterocycles. The summed E-state index contributed by atoms with van der Waals surface area (Å²) in [7, 11) is 1.52. The smallest absolute Gasteiger partial charge is 0.329 e. The second-order valence-electron chi connectivity index (χ2n) is 6.57. The number of para-hydroxylation sites is 1. The highest BCUT2D eigenvalue weighted by molar-refractivity contribution is 6.30. The second kappa shape index (κ2) is 7.88. The molecule has 9 nitrogen and oxygen atoms in total. The Balaban J connectivity index is 1.79. The standard InChI is InChI=1S/C20H17ClN6O3/c1-26-17-16(18(29)24-20(26)30)27(11-12-6-8-14(21)9-7-12)19(23-17)25-22-10-13-4-2-3-5-15(13)28/h2-10,28H,11H2,1H3,(H,23,25)(H,24,29,30)/b22-10-. The number of rotatable bonds is 5. The summed E-state index contributed by atoms with van der Waals surface area (Å²) >= 11 is 5.96. The third-order valence-electron chi connectivity index (χ3n) is 4.57. The lowest BCUT2D eigenvalue weighted by atomic mass is 10.2. The van der Waals surface area contributed by atoms with Gasteiger partial charge in [0, 0.05) is 17.6 Å². The van der Waals surface area contributed by atoms with Gasteiger partial charge in [-0.3, -0.25) is 18.9 Å². The summed E-state index contributed by atoms with van der Waals surface area (Å²) in [6, 6.07) is 13.9. The topological polar surface area (TPSA) is 117 Å². The van der Waals surface area contributed by atoms with Crippen LogP contribution < -0.4 is 16.7 Å². The first-order chi connectivity index (χ1) is 14.4. The number of aromatic hydroxyl groups is 1. The monoisotopic (exact) mass is 424 g/mol. The molecule has 2 aromatic carbocycles. The Hall–Kier alpha value is -3.85. The number of benzene rings is 2. The van der Waals surface area contributed by atoms with E-state index in [0.29, 0.717) is 17.1 Å². The lowest BCUT2D eigenvalue weighted by molar-refractivity contribution is 0.474. The molecule has 3 N–H and O–H groups in total. The maximum absolute atomic E-state index is 12.5. The lowest BCUT2D eigenvalue weighted by Gasteiger charge is -2.08. The molecule has 0 radical (unpaired) electrons. The van der Waals surface area contributed by atoms with Crippen LogP contribution in [0, 0.1) is 0 Å². The number of nitrogens with zero attached hydrogens (tertiary/aromatic N) is 4. The summed E-state index contributed by atoms with van der Waals surface area (Å²) in [5.74, 6) is 0.342. The first-order valence-electron chi connectivity index (χ1n) is 8.95. The van der Waals surface area contributed by atoms with E-state index in [4.69, 9.17) is 11.6 Å². The van der Waals surface area contributed by atoms with Gasteiger partial charge in [-0.2, -0.15) is 10.1 Å². The fourth-order valence-corrected chi connectivity index (χ4v) is 3.13. The molecule has 0 saturated heterocycles. The van der Waals surface area contributed by atoms with Gasteiger partial charge in [0.2, 0.25) is 5.95 Å². The van der Waals surface area contributed by atoms with Gasteiger partial charge in [-0.25, -0.2) is 10.2 Å². The van der Waals surface area contributed by atoms with Crippen LogP contribution in [0.1, 0.15) is 11.1 Å². The van der Waals surface area contributed by atoms with E-state index in [0.717, 1.165) is 5.56 Å². The molecular formula is C20H17ClN6O3. The first-order valence-corrected chi connectivity index (χ1v) is 9.33. The summed E-state index contributed by atoms with van der Waals surface area (Å²) < 4.78 is 2.88. The van der Waals surface area contributed by atoms with Crippen molar-refractivity contribution in [1.29, 1.82) is 0 Å². The number of hydrazone groups is 1. The maximum Gasteiger partial charge on any atom is 0.329 e. The van der Waals surface area contributed by atoms with E-state index in [1.54, 1.807) is 41.0 Å². The van der Waals surface area contributed by atoms with Crippen LogP contribution in [0.5, 0.6) is 5.75 Å². The molecule has 0 amide bonds. The number of nitrogens with one attached hydrogen (secondary N) is 2. The number of imidazole rings is 1. The number of halogens is 1. The first kappa shape index (κ1) is 19.5. The fraction of sp³-hybridized carbons (Fsp3) is 0.100. The minimum atomic E-state index is -0.562. The third kappa shape index (κ3) is 3.70. The van der Waals surface area contributed by atoms with Gasteiger partial charge in [0.05, 0.1) is 12.8 Å². The Labute approximate surface area is 174 Å². The van der Waals surface area contributed by atoms with Crippen molar-refractivity contribution < 1.29 is 5.11 Å².